The Labute approximate surface area is 170 Å². The van der Waals surface area contributed by atoms with Crippen molar-refractivity contribution in [1.29, 1.82) is 0 Å². The van der Waals surface area contributed by atoms with Gasteiger partial charge in [0.25, 0.3) is 5.91 Å². The van der Waals surface area contributed by atoms with Crippen LogP contribution in [0.25, 0.3) is 6.08 Å². The fourth-order valence-corrected chi connectivity index (χ4v) is 4.18. The van der Waals surface area contributed by atoms with E-state index in [1.165, 1.54) is 0 Å². The van der Waals surface area contributed by atoms with E-state index in [4.69, 9.17) is 11.6 Å². The fourth-order valence-electron chi connectivity index (χ4n) is 4.05. The fraction of sp³-hybridized carbons (Fsp3) is 0.304. The molecule has 0 radical (unpaired) electrons. The van der Waals surface area contributed by atoms with Crippen LogP contribution in [-0.2, 0) is 9.59 Å². The van der Waals surface area contributed by atoms with E-state index in [1.807, 2.05) is 42.5 Å². The molecule has 0 aromatic heterocycles. The van der Waals surface area contributed by atoms with Gasteiger partial charge in [0, 0.05) is 16.8 Å². The first kappa shape index (κ1) is 18.8. The van der Waals surface area contributed by atoms with Crippen LogP contribution in [-0.4, -0.2) is 23.4 Å². The van der Waals surface area contributed by atoms with Crippen LogP contribution in [0.1, 0.15) is 37.7 Å². The molecule has 1 aliphatic heterocycles. The zero-order valence-electron chi connectivity index (χ0n) is 15.6. The monoisotopic (exact) mass is 394 g/mol. The lowest BCUT2D eigenvalue weighted by Crippen LogP contribution is -2.70. The number of halogens is 1. The van der Waals surface area contributed by atoms with Gasteiger partial charge in [-0.2, -0.15) is 0 Å². The largest absolute Gasteiger partial charge is 0.351 e. The predicted molar refractivity (Wildman–Crippen MR) is 112 cm³/mol. The van der Waals surface area contributed by atoms with Gasteiger partial charge in [0.2, 0.25) is 5.91 Å². The first-order valence-corrected chi connectivity index (χ1v) is 10.1. The summed E-state index contributed by atoms with van der Waals surface area (Å²) in [4.78, 5) is 27.5. The van der Waals surface area contributed by atoms with Crippen molar-refractivity contribution in [3.63, 3.8) is 0 Å². The quantitative estimate of drug-likeness (QED) is 0.754. The summed E-state index contributed by atoms with van der Waals surface area (Å²) in [5.41, 5.74) is 0.662. The molecule has 2 aromatic rings. The number of anilines is 1. The van der Waals surface area contributed by atoms with E-state index in [-0.39, 0.29) is 24.3 Å². The van der Waals surface area contributed by atoms with Crippen LogP contribution in [0.3, 0.4) is 0 Å². The minimum Gasteiger partial charge on any atom is -0.351 e. The van der Waals surface area contributed by atoms with Crippen LogP contribution in [0.4, 0.5) is 5.69 Å². The average molecular weight is 395 g/mol. The molecule has 2 aliphatic rings. The van der Waals surface area contributed by atoms with Gasteiger partial charge in [-0.1, -0.05) is 60.9 Å². The van der Waals surface area contributed by atoms with Crippen molar-refractivity contribution in [2.24, 2.45) is 0 Å². The molecule has 0 spiro atoms. The Kier molecular flexibility index (Phi) is 5.23. The molecule has 5 heteroatoms. The Morgan fingerprint density at radius 2 is 1.75 bits per heavy atom. The van der Waals surface area contributed by atoms with Crippen molar-refractivity contribution in [1.82, 2.24) is 5.32 Å². The molecule has 0 bridgehead atoms. The van der Waals surface area contributed by atoms with Crippen LogP contribution >= 0.6 is 11.6 Å². The number of amides is 2. The normalized spacial score (nSPS) is 22.5. The molecular formula is C23H23ClN2O2. The van der Waals surface area contributed by atoms with Crippen molar-refractivity contribution in [3.8, 4) is 0 Å². The number of carbonyl (C=O) groups is 2. The standard InChI is InChI=1S/C23H23ClN2O2/c24-18-10-12-20(13-11-18)26-21(27)16-23(26,15-14-17-6-2-1-3-7-17)22(28)25-19-8-4-5-9-19/h1-3,6-7,10-15,19H,4-5,8-9,16H2,(H,25,28)/b15-14+. The molecular weight excluding hydrogens is 372 g/mol. The third kappa shape index (κ3) is 3.57. The number of carbonyl (C=O) groups excluding carboxylic acids is 2. The van der Waals surface area contributed by atoms with Crippen LogP contribution in [0, 0.1) is 0 Å². The molecule has 2 fully saturated rings. The van der Waals surface area contributed by atoms with Gasteiger partial charge in [0.1, 0.15) is 0 Å². The van der Waals surface area contributed by atoms with Gasteiger partial charge in [0.05, 0.1) is 6.42 Å². The highest BCUT2D eigenvalue weighted by molar-refractivity contribution is 6.30. The zero-order chi connectivity index (χ0) is 19.6. The van der Waals surface area contributed by atoms with Gasteiger partial charge in [-0.15, -0.1) is 0 Å². The molecule has 4 rings (SSSR count). The first-order valence-electron chi connectivity index (χ1n) is 9.72. The molecule has 1 N–H and O–H groups in total. The lowest BCUT2D eigenvalue weighted by atomic mass is 9.80. The highest BCUT2D eigenvalue weighted by Crippen LogP contribution is 2.40. The van der Waals surface area contributed by atoms with E-state index < -0.39 is 5.54 Å². The van der Waals surface area contributed by atoms with E-state index in [0.717, 1.165) is 31.2 Å². The SMILES string of the molecule is O=C1CC(/C=C/c2ccccc2)(C(=O)NC2CCCC2)N1c1ccc(Cl)cc1. The van der Waals surface area contributed by atoms with Crippen LogP contribution < -0.4 is 10.2 Å². The lowest BCUT2D eigenvalue weighted by Gasteiger charge is -2.49. The van der Waals surface area contributed by atoms with Gasteiger partial charge in [-0.05, 0) is 48.7 Å². The smallest absolute Gasteiger partial charge is 0.251 e. The molecule has 2 aromatic carbocycles. The van der Waals surface area contributed by atoms with Crippen molar-refractivity contribution >= 4 is 35.2 Å². The molecule has 1 saturated heterocycles. The van der Waals surface area contributed by atoms with E-state index in [1.54, 1.807) is 29.2 Å². The van der Waals surface area contributed by atoms with Gasteiger partial charge in [-0.25, -0.2) is 0 Å². The highest BCUT2D eigenvalue weighted by atomic mass is 35.5. The summed E-state index contributed by atoms with van der Waals surface area (Å²) in [6, 6.07) is 17.1. The molecule has 144 valence electrons. The number of benzene rings is 2. The molecule has 1 unspecified atom stereocenters. The molecule has 1 heterocycles. The molecule has 1 aliphatic carbocycles. The second-order valence-electron chi connectivity index (χ2n) is 7.51. The summed E-state index contributed by atoms with van der Waals surface area (Å²) in [6.45, 7) is 0. The molecule has 28 heavy (non-hydrogen) atoms. The summed E-state index contributed by atoms with van der Waals surface area (Å²) in [6.07, 6.45) is 8.22. The number of hydrogen-bond acceptors (Lipinski definition) is 2. The van der Waals surface area contributed by atoms with Crippen LogP contribution in [0.15, 0.2) is 60.7 Å². The summed E-state index contributed by atoms with van der Waals surface area (Å²) >= 11 is 6.01. The summed E-state index contributed by atoms with van der Waals surface area (Å²) in [5, 5.41) is 3.77. The van der Waals surface area contributed by atoms with Crippen molar-refractivity contribution in [2.75, 3.05) is 4.90 Å². The Morgan fingerprint density at radius 1 is 1.07 bits per heavy atom. The topological polar surface area (TPSA) is 49.4 Å². The molecule has 2 amide bonds. The number of nitrogens with one attached hydrogen (secondary N) is 1. The Morgan fingerprint density at radius 3 is 2.39 bits per heavy atom. The predicted octanol–water partition coefficient (Wildman–Crippen LogP) is 4.59. The number of nitrogens with zero attached hydrogens (tertiary/aromatic N) is 1. The van der Waals surface area contributed by atoms with Crippen LogP contribution in [0.2, 0.25) is 5.02 Å². The van der Waals surface area contributed by atoms with Crippen molar-refractivity contribution in [2.45, 2.75) is 43.7 Å². The maximum Gasteiger partial charge on any atom is 0.251 e. The van der Waals surface area contributed by atoms with E-state index in [2.05, 4.69) is 5.32 Å². The van der Waals surface area contributed by atoms with Gasteiger partial charge >= 0.3 is 0 Å². The Bertz CT molecular complexity index is 889. The third-order valence-corrected chi connectivity index (χ3v) is 5.84. The van der Waals surface area contributed by atoms with E-state index >= 15 is 0 Å². The summed E-state index contributed by atoms with van der Waals surface area (Å²) < 4.78 is 0. The minimum absolute atomic E-state index is 0.0680. The third-order valence-electron chi connectivity index (χ3n) is 5.59. The minimum atomic E-state index is -1.01. The summed E-state index contributed by atoms with van der Waals surface area (Å²) in [5.74, 6) is -0.178. The second-order valence-corrected chi connectivity index (χ2v) is 7.94. The van der Waals surface area contributed by atoms with Crippen LogP contribution in [0.5, 0.6) is 0 Å². The van der Waals surface area contributed by atoms with E-state index in [0.29, 0.717) is 10.7 Å². The highest BCUT2D eigenvalue weighted by Gasteiger charge is 2.55. The van der Waals surface area contributed by atoms with Gasteiger partial charge in [-0.3, -0.25) is 14.5 Å². The van der Waals surface area contributed by atoms with E-state index in [9.17, 15) is 9.59 Å². The maximum absolute atomic E-state index is 13.3. The number of rotatable bonds is 5. The molecule has 1 atom stereocenters. The number of hydrogen-bond donors (Lipinski definition) is 1. The second kappa shape index (κ2) is 7.80. The molecule has 1 saturated carbocycles. The van der Waals surface area contributed by atoms with Crippen molar-refractivity contribution in [3.05, 3.63) is 71.3 Å². The summed E-state index contributed by atoms with van der Waals surface area (Å²) in [7, 11) is 0. The van der Waals surface area contributed by atoms with Gasteiger partial charge in [0.15, 0.2) is 5.54 Å². The molecule has 4 nitrogen and oxygen atoms in total. The average Bonchev–Trinajstić information content (AvgIpc) is 3.20. The lowest BCUT2D eigenvalue weighted by molar-refractivity contribution is -0.137. The Balaban J connectivity index is 1.68. The number of β-lactam (4-membered cyclic amide) rings is 1. The Hall–Kier alpha value is -2.59. The zero-order valence-corrected chi connectivity index (χ0v) is 16.4. The first-order chi connectivity index (χ1) is 13.6. The van der Waals surface area contributed by atoms with Crippen molar-refractivity contribution < 1.29 is 9.59 Å². The maximum atomic E-state index is 13.3. The van der Waals surface area contributed by atoms with Gasteiger partial charge < -0.3 is 5.32 Å².